The minimum absolute atomic E-state index is 0.316. The molecule has 2 rings (SSSR count). The second-order valence-corrected chi connectivity index (χ2v) is 5.21. The first-order chi connectivity index (χ1) is 10.5. The molecule has 2 unspecified atom stereocenters. The van der Waals surface area contributed by atoms with Crippen molar-refractivity contribution < 1.29 is 14.3 Å². The van der Waals surface area contributed by atoms with Gasteiger partial charge >= 0.3 is 12.0 Å². The van der Waals surface area contributed by atoms with Crippen molar-refractivity contribution in [3.05, 3.63) is 30.5 Å². The van der Waals surface area contributed by atoms with Gasteiger partial charge in [-0.2, -0.15) is 0 Å². The van der Waals surface area contributed by atoms with E-state index in [4.69, 9.17) is 4.74 Å². The largest absolute Gasteiger partial charge is 0.466 e. The van der Waals surface area contributed by atoms with Gasteiger partial charge < -0.3 is 20.4 Å². The van der Waals surface area contributed by atoms with E-state index in [1.54, 1.807) is 20.8 Å². The SMILES string of the molecule is CCOC(=O)C(C)C(C)NC(=O)Nc1ccc2[nH]ccc2c1. The molecule has 1 aromatic carbocycles. The van der Waals surface area contributed by atoms with Crippen LogP contribution in [-0.4, -0.2) is 29.6 Å². The van der Waals surface area contributed by atoms with E-state index in [1.807, 2.05) is 30.5 Å². The van der Waals surface area contributed by atoms with Crippen molar-refractivity contribution in [2.24, 2.45) is 5.92 Å². The molecule has 1 aromatic heterocycles. The molecule has 2 amide bonds. The summed E-state index contributed by atoms with van der Waals surface area (Å²) in [5, 5.41) is 6.53. The molecule has 0 aliphatic heterocycles. The first kappa shape index (κ1) is 15.9. The smallest absolute Gasteiger partial charge is 0.319 e. The van der Waals surface area contributed by atoms with Gasteiger partial charge in [-0.1, -0.05) is 0 Å². The number of H-pyrrole nitrogens is 1. The Hall–Kier alpha value is -2.50. The Morgan fingerprint density at radius 1 is 1.27 bits per heavy atom. The van der Waals surface area contributed by atoms with E-state index in [9.17, 15) is 9.59 Å². The summed E-state index contributed by atoms with van der Waals surface area (Å²) in [4.78, 5) is 26.7. The molecule has 0 bridgehead atoms. The van der Waals surface area contributed by atoms with Crippen LogP contribution in [0.15, 0.2) is 30.5 Å². The van der Waals surface area contributed by atoms with Crippen LogP contribution in [0.4, 0.5) is 10.5 Å². The minimum Gasteiger partial charge on any atom is -0.466 e. The summed E-state index contributed by atoms with van der Waals surface area (Å²) in [5.41, 5.74) is 1.70. The number of nitrogens with one attached hydrogen (secondary N) is 3. The third-order valence-corrected chi connectivity index (χ3v) is 3.58. The van der Waals surface area contributed by atoms with Gasteiger partial charge in [-0.25, -0.2) is 4.79 Å². The molecule has 0 radical (unpaired) electrons. The molecular weight excluding hydrogens is 282 g/mol. The van der Waals surface area contributed by atoms with Crippen molar-refractivity contribution in [3.8, 4) is 0 Å². The Morgan fingerprint density at radius 3 is 2.77 bits per heavy atom. The maximum atomic E-state index is 12.0. The molecule has 3 N–H and O–H groups in total. The van der Waals surface area contributed by atoms with E-state index in [0.29, 0.717) is 12.3 Å². The number of esters is 1. The van der Waals surface area contributed by atoms with E-state index < -0.39 is 5.92 Å². The highest BCUT2D eigenvalue weighted by Gasteiger charge is 2.22. The van der Waals surface area contributed by atoms with Crippen molar-refractivity contribution in [2.45, 2.75) is 26.8 Å². The van der Waals surface area contributed by atoms with Crippen LogP contribution in [0.25, 0.3) is 10.9 Å². The van der Waals surface area contributed by atoms with E-state index in [2.05, 4.69) is 15.6 Å². The summed E-state index contributed by atoms with van der Waals surface area (Å²) in [6, 6.07) is 6.86. The summed E-state index contributed by atoms with van der Waals surface area (Å²) in [7, 11) is 0. The van der Waals surface area contributed by atoms with Gasteiger partial charge in [0.2, 0.25) is 0 Å². The fraction of sp³-hybridized carbons (Fsp3) is 0.375. The van der Waals surface area contributed by atoms with E-state index in [-0.39, 0.29) is 18.0 Å². The second kappa shape index (κ2) is 6.98. The molecule has 0 saturated carbocycles. The number of urea groups is 1. The van der Waals surface area contributed by atoms with Gasteiger partial charge in [0.25, 0.3) is 0 Å². The number of anilines is 1. The predicted molar refractivity (Wildman–Crippen MR) is 85.7 cm³/mol. The third-order valence-electron chi connectivity index (χ3n) is 3.58. The highest BCUT2D eigenvalue weighted by Crippen LogP contribution is 2.17. The predicted octanol–water partition coefficient (Wildman–Crippen LogP) is 2.88. The Bertz CT molecular complexity index is 665. The van der Waals surface area contributed by atoms with Crippen molar-refractivity contribution in [3.63, 3.8) is 0 Å². The monoisotopic (exact) mass is 303 g/mol. The normalized spacial score (nSPS) is 13.4. The number of ether oxygens (including phenoxy) is 1. The van der Waals surface area contributed by atoms with Gasteiger partial charge in [0.1, 0.15) is 0 Å². The highest BCUT2D eigenvalue weighted by molar-refractivity contribution is 5.93. The standard InChI is InChI=1S/C16H21N3O3/c1-4-22-15(20)10(2)11(3)18-16(21)19-13-5-6-14-12(9-13)7-8-17-14/h5-11,17H,4H2,1-3H3,(H2,18,19,21). The molecule has 1 heterocycles. The number of amides is 2. The number of carbonyl (C=O) groups is 2. The number of hydrogen-bond donors (Lipinski definition) is 3. The molecule has 2 aromatic rings. The van der Waals surface area contributed by atoms with Crippen LogP contribution in [0.3, 0.4) is 0 Å². The summed E-state index contributed by atoms with van der Waals surface area (Å²) in [6.07, 6.45) is 1.84. The molecule has 2 atom stereocenters. The number of rotatable bonds is 5. The first-order valence-corrected chi connectivity index (χ1v) is 7.32. The zero-order chi connectivity index (χ0) is 16.1. The molecule has 6 nitrogen and oxygen atoms in total. The number of aromatic amines is 1. The third kappa shape index (κ3) is 3.78. The van der Waals surface area contributed by atoms with Crippen LogP contribution >= 0.6 is 0 Å². The quantitative estimate of drug-likeness (QED) is 0.743. The molecule has 0 aliphatic rings. The van der Waals surface area contributed by atoms with Crippen LogP contribution in [0, 0.1) is 5.92 Å². The Labute approximate surface area is 129 Å². The number of hydrogen-bond acceptors (Lipinski definition) is 3. The molecule has 0 fully saturated rings. The average Bonchev–Trinajstić information content (AvgIpc) is 2.94. The summed E-state index contributed by atoms with van der Waals surface area (Å²) >= 11 is 0. The summed E-state index contributed by atoms with van der Waals surface area (Å²) in [6.45, 7) is 5.59. The summed E-state index contributed by atoms with van der Waals surface area (Å²) in [5.74, 6) is -0.720. The van der Waals surface area contributed by atoms with Crippen LogP contribution in [0.5, 0.6) is 0 Å². The van der Waals surface area contributed by atoms with Crippen LogP contribution in [0.2, 0.25) is 0 Å². The van der Waals surface area contributed by atoms with Gasteiger partial charge in [0, 0.05) is 28.8 Å². The molecule has 0 saturated heterocycles. The molecule has 0 aliphatic carbocycles. The molecular formula is C16H21N3O3. The molecule has 118 valence electrons. The Morgan fingerprint density at radius 2 is 2.05 bits per heavy atom. The molecule has 6 heteroatoms. The average molecular weight is 303 g/mol. The topological polar surface area (TPSA) is 83.2 Å². The lowest BCUT2D eigenvalue weighted by Gasteiger charge is -2.20. The summed E-state index contributed by atoms with van der Waals surface area (Å²) < 4.78 is 4.95. The second-order valence-electron chi connectivity index (χ2n) is 5.21. The number of carbonyl (C=O) groups excluding carboxylic acids is 2. The lowest BCUT2D eigenvalue weighted by molar-refractivity contribution is -0.148. The Balaban J connectivity index is 1.92. The lowest BCUT2D eigenvalue weighted by atomic mass is 10.0. The van der Waals surface area contributed by atoms with Gasteiger partial charge in [0.05, 0.1) is 12.5 Å². The first-order valence-electron chi connectivity index (χ1n) is 7.32. The lowest BCUT2D eigenvalue weighted by Crippen LogP contribution is -2.42. The van der Waals surface area contributed by atoms with Gasteiger partial charge in [-0.3, -0.25) is 4.79 Å². The zero-order valence-corrected chi connectivity index (χ0v) is 13.0. The fourth-order valence-corrected chi connectivity index (χ4v) is 2.11. The number of fused-ring (bicyclic) bond motifs is 1. The molecule has 22 heavy (non-hydrogen) atoms. The van der Waals surface area contributed by atoms with Crippen molar-refractivity contribution >= 4 is 28.6 Å². The number of aromatic nitrogens is 1. The van der Waals surface area contributed by atoms with Crippen molar-refractivity contribution in [2.75, 3.05) is 11.9 Å². The van der Waals surface area contributed by atoms with Gasteiger partial charge in [-0.05, 0) is 45.0 Å². The van der Waals surface area contributed by atoms with Crippen LogP contribution in [0.1, 0.15) is 20.8 Å². The van der Waals surface area contributed by atoms with Gasteiger partial charge in [-0.15, -0.1) is 0 Å². The number of benzene rings is 1. The highest BCUT2D eigenvalue weighted by atomic mass is 16.5. The van der Waals surface area contributed by atoms with Gasteiger partial charge in [0.15, 0.2) is 0 Å². The maximum absolute atomic E-state index is 12.0. The molecule has 0 spiro atoms. The minimum atomic E-state index is -0.405. The van der Waals surface area contributed by atoms with E-state index >= 15 is 0 Å². The van der Waals surface area contributed by atoms with Crippen LogP contribution in [-0.2, 0) is 9.53 Å². The maximum Gasteiger partial charge on any atom is 0.319 e. The van der Waals surface area contributed by atoms with Crippen molar-refractivity contribution in [1.29, 1.82) is 0 Å². The van der Waals surface area contributed by atoms with Crippen molar-refractivity contribution in [1.82, 2.24) is 10.3 Å². The zero-order valence-electron chi connectivity index (χ0n) is 13.0. The van der Waals surface area contributed by atoms with E-state index in [1.165, 1.54) is 0 Å². The fourth-order valence-electron chi connectivity index (χ4n) is 2.11. The van der Waals surface area contributed by atoms with E-state index in [0.717, 1.165) is 10.9 Å². The van der Waals surface area contributed by atoms with Crippen LogP contribution < -0.4 is 10.6 Å². The Kier molecular flexibility index (Phi) is 5.04.